The molecule has 1 aromatic carbocycles. The zero-order chi connectivity index (χ0) is 21.1. The van der Waals surface area contributed by atoms with Crippen molar-refractivity contribution in [2.45, 2.75) is 24.4 Å². The number of fused-ring (bicyclic) bond motifs is 1. The van der Waals surface area contributed by atoms with Gasteiger partial charge in [-0.3, -0.25) is 13.8 Å². The van der Waals surface area contributed by atoms with Gasteiger partial charge in [0.05, 0.1) is 18.4 Å². The first kappa shape index (κ1) is 19.9. The Hall–Kier alpha value is -3.39. The Morgan fingerprint density at radius 1 is 1.20 bits per heavy atom. The summed E-state index contributed by atoms with van der Waals surface area (Å²) in [4.78, 5) is 17.1. The van der Waals surface area contributed by atoms with E-state index < -0.39 is 0 Å². The van der Waals surface area contributed by atoms with Crippen LogP contribution in [-0.4, -0.2) is 31.3 Å². The molecule has 4 aromatic rings. The molecule has 152 valence electrons. The summed E-state index contributed by atoms with van der Waals surface area (Å²) in [5.74, 6) is 1.93. The maximum atomic E-state index is 12.4. The van der Waals surface area contributed by atoms with E-state index in [1.165, 1.54) is 11.8 Å². The highest BCUT2D eigenvalue weighted by atomic mass is 32.2. The highest BCUT2D eigenvalue weighted by Gasteiger charge is 2.17. The minimum Gasteiger partial charge on any atom is -0.496 e. The first-order valence-corrected chi connectivity index (χ1v) is 10.4. The second kappa shape index (κ2) is 8.54. The van der Waals surface area contributed by atoms with Gasteiger partial charge in [0.2, 0.25) is 0 Å². The lowest BCUT2D eigenvalue weighted by Crippen LogP contribution is -2.15. The van der Waals surface area contributed by atoms with Crippen molar-refractivity contribution in [3.8, 4) is 17.1 Å². The van der Waals surface area contributed by atoms with Gasteiger partial charge in [0.15, 0.2) is 11.0 Å². The van der Waals surface area contributed by atoms with Gasteiger partial charge in [-0.05, 0) is 30.7 Å². The van der Waals surface area contributed by atoms with Crippen molar-refractivity contribution in [1.29, 1.82) is 0 Å². The van der Waals surface area contributed by atoms with Gasteiger partial charge in [0, 0.05) is 24.6 Å². The predicted octanol–water partition coefficient (Wildman–Crippen LogP) is 3.75. The van der Waals surface area contributed by atoms with Crippen LogP contribution in [0.2, 0.25) is 0 Å². The molecule has 0 atom stereocenters. The average molecular weight is 420 g/mol. The fourth-order valence-corrected chi connectivity index (χ4v) is 4.03. The molecule has 3 aromatic heterocycles. The number of hydrogen-bond donors (Lipinski definition) is 0. The predicted molar refractivity (Wildman–Crippen MR) is 118 cm³/mol. The Balaban J connectivity index is 1.65. The summed E-state index contributed by atoms with van der Waals surface area (Å²) in [5.41, 5.74) is 3.10. The number of aryl methyl sites for hydroxylation is 1. The molecular weight excluding hydrogens is 398 g/mol. The number of nitrogens with zero attached hydrogens (tertiary/aromatic N) is 5. The molecule has 0 aliphatic carbocycles. The van der Waals surface area contributed by atoms with Crippen LogP contribution in [0.4, 0.5) is 0 Å². The van der Waals surface area contributed by atoms with Crippen LogP contribution in [0.5, 0.6) is 5.75 Å². The Morgan fingerprint density at radius 3 is 2.83 bits per heavy atom. The molecule has 0 unspecified atom stereocenters. The van der Waals surface area contributed by atoms with E-state index in [-0.39, 0.29) is 5.56 Å². The van der Waals surface area contributed by atoms with Crippen molar-refractivity contribution in [2.24, 2.45) is 0 Å². The van der Waals surface area contributed by atoms with Crippen molar-refractivity contribution < 1.29 is 4.74 Å². The Bertz CT molecular complexity index is 1280. The lowest BCUT2D eigenvalue weighted by molar-refractivity contribution is 0.416. The molecule has 3 heterocycles. The molecule has 7 nitrogen and oxygen atoms in total. The van der Waals surface area contributed by atoms with E-state index in [9.17, 15) is 4.79 Å². The van der Waals surface area contributed by atoms with Gasteiger partial charge in [-0.1, -0.05) is 36.0 Å². The van der Waals surface area contributed by atoms with E-state index in [0.717, 1.165) is 22.0 Å². The van der Waals surface area contributed by atoms with Crippen molar-refractivity contribution >= 4 is 17.4 Å². The smallest absolute Gasteiger partial charge is 0.258 e. The van der Waals surface area contributed by atoms with E-state index >= 15 is 0 Å². The summed E-state index contributed by atoms with van der Waals surface area (Å²) in [7, 11) is 1.63. The van der Waals surface area contributed by atoms with Gasteiger partial charge in [-0.2, -0.15) is 0 Å². The molecular formula is C22H21N5O2S. The third kappa shape index (κ3) is 3.86. The Labute approximate surface area is 178 Å². The summed E-state index contributed by atoms with van der Waals surface area (Å²) in [6.07, 6.45) is 3.59. The summed E-state index contributed by atoms with van der Waals surface area (Å²) < 4.78 is 9.01. The van der Waals surface area contributed by atoms with E-state index in [4.69, 9.17) is 4.74 Å². The van der Waals surface area contributed by atoms with E-state index in [2.05, 4.69) is 21.8 Å². The molecule has 0 fully saturated rings. The van der Waals surface area contributed by atoms with Gasteiger partial charge < -0.3 is 4.74 Å². The van der Waals surface area contributed by atoms with Gasteiger partial charge >= 0.3 is 0 Å². The number of aromatic nitrogens is 5. The SMILES string of the molecule is C=CCn1c(SCc2cc(=O)n3cc(C)ccc3n2)nnc1-c1ccccc1OC. The van der Waals surface area contributed by atoms with Crippen LogP contribution in [0.1, 0.15) is 11.3 Å². The van der Waals surface area contributed by atoms with Gasteiger partial charge in [0.25, 0.3) is 5.56 Å². The number of rotatable bonds is 7. The summed E-state index contributed by atoms with van der Waals surface area (Å²) >= 11 is 1.48. The van der Waals surface area contributed by atoms with Crippen LogP contribution in [-0.2, 0) is 12.3 Å². The van der Waals surface area contributed by atoms with E-state index in [1.807, 2.05) is 47.9 Å². The number of allylic oxidation sites excluding steroid dienone is 1. The molecule has 0 saturated carbocycles. The van der Waals surface area contributed by atoms with Crippen molar-refractivity contribution in [3.05, 3.63) is 82.9 Å². The summed E-state index contributed by atoms with van der Waals surface area (Å²) in [6.45, 7) is 6.35. The second-order valence-corrected chi connectivity index (χ2v) is 7.66. The second-order valence-electron chi connectivity index (χ2n) is 6.71. The molecule has 0 amide bonds. The number of thioether (sulfide) groups is 1. The van der Waals surface area contributed by atoms with Crippen LogP contribution in [0.3, 0.4) is 0 Å². The fourth-order valence-electron chi connectivity index (χ4n) is 3.19. The molecule has 4 rings (SSSR count). The topological polar surface area (TPSA) is 74.3 Å². The number of benzene rings is 1. The molecule has 0 saturated heterocycles. The van der Waals surface area contributed by atoms with Crippen LogP contribution >= 0.6 is 11.8 Å². The maximum absolute atomic E-state index is 12.4. The third-order valence-corrected chi connectivity index (χ3v) is 5.59. The number of methoxy groups -OCH3 is 1. The van der Waals surface area contributed by atoms with Gasteiger partial charge in [-0.25, -0.2) is 4.98 Å². The minimum absolute atomic E-state index is 0.0958. The average Bonchev–Trinajstić information content (AvgIpc) is 3.15. The van der Waals surface area contributed by atoms with E-state index in [0.29, 0.717) is 29.5 Å². The summed E-state index contributed by atoms with van der Waals surface area (Å²) in [6, 6.07) is 13.1. The number of para-hydroxylation sites is 1. The number of hydrogen-bond acceptors (Lipinski definition) is 6. The van der Waals surface area contributed by atoms with Gasteiger partial charge in [-0.15, -0.1) is 16.8 Å². The quantitative estimate of drug-likeness (QED) is 0.336. The normalized spacial score (nSPS) is 11.0. The fraction of sp³-hybridized carbons (Fsp3) is 0.182. The molecule has 30 heavy (non-hydrogen) atoms. The third-order valence-electron chi connectivity index (χ3n) is 4.59. The molecule has 0 spiro atoms. The Morgan fingerprint density at radius 2 is 2.03 bits per heavy atom. The van der Waals surface area contributed by atoms with Crippen LogP contribution in [0.25, 0.3) is 17.0 Å². The lowest BCUT2D eigenvalue weighted by atomic mass is 10.2. The zero-order valence-corrected chi connectivity index (χ0v) is 17.6. The number of pyridine rings is 1. The van der Waals surface area contributed by atoms with Crippen LogP contribution in [0.15, 0.2) is 71.3 Å². The van der Waals surface area contributed by atoms with Gasteiger partial charge in [0.1, 0.15) is 11.4 Å². The van der Waals surface area contributed by atoms with E-state index in [1.54, 1.807) is 29.8 Å². The molecule has 0 N–H and O–H groups in total. The maximum Gasteiger partial charge on any atom is 0.258 e. The largest absolute Gasteiger partial charge is 0.496 e. The van der Waals surface area contributed by atoms with Crippen molar-refractivity contribution in [3.63, 3.8) is 0 Å². The first-order valence-electron chi connectivity index (χ1n) is 9.40. The summed E-state index contributed by atoms with van der Waals surface area (Å²) in [5, 5.41) is 9.46. The molecule has 8 heteroatoms. The highest BCUT2D eigenvalue weighted by Crippen LogP contribution is 2.31. The highest BCUT2D eigenvalue weighted by molar-refractivity contribution is 7.98. The molecule has 0 radical (unpaired) electrons. The number of ether oxygens (including phenoxy) is 1. The lowest BCUT2D eigenvalue weighted by Gasteiger charge is -2.10. The van der Waals surface area contributed by atoms with Crippen molar-refractivity contribution in [2.75, 3.05) is 7.11 Å². The molecule has 0 aliphatic heterocycles. The first-order chi connectivity index (χ1) is 14.6. The minimum atomic E-state index is -0.0958. The molecule has 0 bridgehead atoms. The zero-order valence-electron chi connectivity index (χ0n) is 16.8. The van der Waals surface area contributed by atoms with Crippen molar-refractivity contribution in [1.82, 2.24) is 24.1 Å². The van der Waals surface area contributed by atoms with Crippen LogP contribution < -0.4 is 10.3 Å². The standard InChI is InChI=1S/C22H21N5O2S/c1-4-11-26-21(17-7-5-6-8-18(17)29-3)24-25-22(26)30-14-16-12-20(28)27-13-15(2)9-10-19(27)23-16/h4-10,12-13H,1,11,14H2,2-3H3. The van der Waals surface area contributed by atoms with Crippen LogP contribution in [0, 0.1) is 6.92 Å². The monoisotopic (exact) mass is 419 g/mol. The molecule has 0 aliphatic rings. The Kier molecular flexibility index (Phi) is 5.67.